The standard InChI is InChI=1S/C12H21N3O5S/c1-6-7-19-14-10(16)9-8-15(12(2,3)4)13-11(9)20-21(5,17)18/h8H,6-7H2,1-5H3,(H,14,16). The van der Waals surface area contributed by atoms with Crippen molar-refractivity contribution in [2.75, 3.05) is 12.9 Å². The minimum atomic E-state index is -3.79. The molecule has 0 aromatic carbocycles. The van der Waals surface area contributed by atoms with Gasteiger partial charge in [0.2, 0.25) is 0 Å². The fraction of sp³-hybridized carbons (Fsp3) is 0.667. The van der Waals surface area contributed by atoms with Crippen molar-refractivity contribution in [3.05, 3.63) is 11.8 Å². The lowest BCUT2D eigenvalue weighted by Gasteiger charge is -2.18. The molecule has 0 unspecified atom stereocenters. The van der Waals surface area contributed by atoms with Gasteiger partial charge in [-0.05, 0) is 27.2 Å². The van der Waals surface area contributed by atoms with Crippen LogP contribution in [0.1, 0.15) is 44.5 Å². The first-order valence-electron chi connectivity index (χ1n) is 6.46. The van der Waals surface area contributed by atoms with E-state index in [4.69, 9.17) is 9.02 Å². The van der Waals surface area contributed by atoms with Crippen molar-refractivity contribution in [2.24, 2.45) is 0 Å². The van der Waals surface area contributed by atoms with Crippen molar-refractivity contribution in [1.29, 1.82) is 0 Å². The first-order valence-corrected chi connectivity index (χ1v) is 8.28. The SMILES string of the molecule is CCCONC(=O)c1cn(C(C)(C)C)nc1OS(C)(=O)=O. The summed E-state index contributed by atoms with van der Waals surface area (Å²) in [6, 6.07) is 0. The third kappa shape index (κ3) is 5.35. The first-order chi connectivity index (χ1) is 9.54. The second-order valence-electron chi connectivity index (χ2n) is 5.53. The van der Waals surface area contributed by atoms with Gasteiger partial charge in [0.05, 0.1) is 18.4 Å². The Morgan fingerprint density at radius 1 is 1.43 bits per heavy atom. The first kappa shape index (κ1) is 17.4. The largest absolute Gasteiger partial charge is 0.359 e. The van der Waals surface area contributed by atoms with Gasteiger partial charge >= 0.3 is 10.1 Å². The normalized spacial score (nSPS) is 12.2. The van der Waals surface area contributed by atoms with E-state index >= 15 is 0 Å². The van der Waals surface area contributed by atoms with E-state index in [1.165, 1.54) is 10.9 Å². The number of nitrogens with zero attached hydrogens (tertiary/aromatic N) is 2. The zero-order valence-electron chi connectivity index (χ0n) is 12.8. The maximum absolute atomic E-state index is 12.0. The number of hydroxylamine groups is 1. The second-order valence-corrected chi connectivity index (χ2v) is 7.11. The number of carbonyl (C=O) groups excluding carboxylic acids is 1. The van der Waals surface area contributed by atoms with Gasteiger partial charge in [0.25, 0.3) is 11.8 Å². The maximum atomic E-state index is 12.0. The van der Waals surface area contributed by atoms with Crippen LogP contribution in [0.25, 0.3) is 0 Å². The molecule has 1 heterocycles. The molecule has 8 nitrogen and oxygen atoms in total. The molecule has 0 bridgehead atoms. The van der Waals surface area contributed by atoms with Gasteiger partial charge in [-0.25, -0.2) is 5.48 Å². The molecule has 1 amide bonds. The Labute approximate surface area is 124 Å². The van der Waals surface area contributed by atoms with E-state index in [1.807, 2.05) is 27.7 Å². The fourth-order valence-electron chi connectivity index (χ4n) is 1.34. The summed E-state index contributed by atoms with van der Waals surface area (Å²) in [4.78, 5) is 16.9. The number of aromatic nitrogens is 2. The quantitative estimate of drug-likeness (QED) is 0.478. The lowest BCUT2D eigenvalue weighted by molar-refractivity contribution is 0.0313. The van der Waals surface area contributed by atoms with Crippen LogP contribution in [0.5, 0.6) is 5.88 Å². The van der Waals surface area contributed by atoms with Crippen molar-refractivity contribution in [3.63, 3.8) is 0 Å². The maximum Gasteiger partial charge on any atom is 0.307 e. The molecule has 21 heavy (non-hydrogen) atoms. The van der Waals surface area contributed by atoms with Crippen LogP contribution in [-0.4, -0.2) is 37.0 Å². The van der Waals surface area contributed by atoms with Crippen LogP contribution in [0.2, 0.25) is 0 Å². The predicted octanol–water partition coefficient (Wildman–Crippen LogP) is 1.05. The molecular formula is C12H21N3O5S. The molecule has 1 N–H and O–H groups in total. The van der Waals surface area contributed by atoms with Crippen LogP contribution in [0, 0.1) is 0 Å². The third-order valence-electron chi connectivity index (χ3n) is 2.31. The summed E-state index contributed by atoms with van der Waals surface area (Å²) in [5.41, 5.74) is 1.78. The Kier molecular flexibility index (Phi) is 5.35. The van der Waals surface area contributed by atoms with Crippen LogP contribution in [0.15, 0.2) is 6.20 Å². The van der Waals surface area contributed by atoms with Crippen molar-refractivity contribution < 1.29 is 22.2 Å². The van der Waals surface area contributed by atoms with E-state index in [-0.39, 0.29) is 11.4 Å². The summed E-state index contributed by atoms with van der Waals surface area (Å²) in [5, 5.41) is 4.02. The highest BCUT2D eigenvalue weighted by Crippen LogP contribution is 2.22. The zero-order valence-corrected chi connectivity index (χ0v) is 13.7. The smallest absolute Gasteiger partial charge is 0.307 e. The van der Waals surface area contributed by atoms with Gasteiger partial charge < -0.3 is 4.18 Å². The molecule has 1 aromatic heterocycles. The van der Waals surface area contributed by atoms with E-state index in [1.54, 1.807) is 0 Å². The average Bonchev–Trinajstić information content (AvgIpc) is 2.70. The van der Waals surface area contributed by atoms with E-state index < -0.39 is 21.6 Å². The summed E-state index contributed by atoms with van der Waals surface area (Å²) >= 11 is 0. The highest BCUT2D eigenvalue weighted by atomic mass is 32.2. The molecule has 0 aliphatic rings. The van der Waals surface area contributed by atoms with Gasteiger partial charge in [-0.2, -0.15) is 8.42 Å². The molecule has 0 spiro atoms. The molecule has 0 aliphatic carbocycles. The van der Waals surface area contributed by atoms with E-state index in [0.717, 1.165) is 12.7 Å². The Morgan fingerprint density at radius 2 is 2.05 bits per heavy atom. The Morgan fingerprint density at radius 3 is 2.52 bits per heavy atom. The average molecular weight is 319 g/mol. The molecule has 120 valence electrons. The number of hydrogen-bond acceptors (Lipinski definition) is 6. The molecule has 0 radical (unpaired) electrons. The van der Waals surface area contributed by atoms with Gasteiger partial charge in [-0.15, -0.1) is 5.10 Å². The lowest BCUT2D eigenvalue weighted by Crippen LogP contribution is -2.25. The number of amides is 1. The van der Waals surface area contributed by atoms with Crippen LogP contribution in [0.4, 0.5) is 0 Å². The molecule has 9 heteroatoms. The number of carbonyl (C=O) groups is 1. The van der Waals surface area contributed by atoms with Gasteiger partial charge in [0.15, 0.2) is 0 Å². The Hall–Kier alpha value is -1.61. The predicted molar refractivity (Wildman–Crippen MR) is 76.4 cm³/mol. The Bertz CT molecular complexity index is 601. The number of hydrogen-bond donors (Lipinski definition) is 1. The van der Waals surface area contributed by atoms with Crippen LogP contribution < -0.4 is 9.66 Å². The second kappa shape index (κ2) is 6.44. The van der Waals surface area contributed by atoms with Crippen molar-refractivity contribution in [3.8, 4) is 5.88 Å². The highest BCUT2D eigenvalue weighted by molar-refractivity contribution is 7.86. The van der Waals surface area contributed by atoms with Gasteiger partial charge in [0, 0.05) is 6.20 Å². The molecule has 0 saturated carbocycles. The molecule has 1 aromatic rings. The minimum absolute atomic E-state index is 0.00791. The van der Waals surface area contributed by atoms with Gasteiger partial charge in [0.1, 0.15) is 5.56 Å². The van der Waals surface area contributed by atoms with Crippen molar-refractivity contribution in [2.45, 2.75) is 39.7 Å². The van der Waals surface area contributed by atoms with Crippen LogP contribution >= 0.6 is 0 Å². The van der Waals surface area contributed by atoms with Gasteiger partial charge in [-0.3, -0.25) is 14.3 Å². The number of rotatable bonds is 6. The summed E-state index contributed by atoms with van der Waals surface area (Å²) in [7, 11) is -3.79. The molecule has 0 fully saturated rings. The van der Waals surface area contributed by atoms with Gasteiger partial charge in [-0.1, -0.05) is 6.92 Å². The van der Waals surface area contributed by atoms with E-state index in [2.05, 4.69) is 10.6 Å². The number of nitrogens with one attached hydrogen (secondary N) is 1. The monoisotopic (exact) mass is 319 g/mol. The topological polar surface area (TPSA) is 99.5 Å². The molecule has 1 rings (SSSR count). The van der Waals surface area contributed by atoms with E-state index in [9.17, 15) is 13.2 Å². The van der Waals surface area contributed by atoms with Crippen molar-refractivity contribution in [1.82, 2.24) is 15.3 Å². The zero-order chi connectivity index (χ0) is 16.3. The van der Waals surface area contributed by atoms with E-state index in [0.29, 0.717) is 6.61 Å². The summed E-state index contributed by atoms with van der Waals surface area (Å²) in [6.45, 7) is 7.82. The fourth-order valence-corrected chi connectivity index (χ4v) is 1.75. The summed E-state index contributed by atoms with van der Waals surface area (Å²) in [5.74, 6) is -0.886. The minimum Gasteiger partial charge on any atom is -0.359 e. The lowest BCUT2D eigenvalue weighted by atomic mass is 10.1. The van der Waals surface area contributed by atoms with Crippen molar-refractivity contribution >= 4 is 16.0 Å². The third-order valence-corrected chi connectivity index (χ3v) is 2.77. The molecule has 0 saturated heterocycles. The van der Waals surface area contributed by atoms with Crippen LogP contribution in [0.3, 0.4) is 0 Å². The highest BCUT2D eigenvalue weighted by Gasteiger charge is 2.25. The molecular weight excluding hydrogens is 298 g/mol. The van der Waals surface area contributed by atoms with Crippen LogP contribution in [-0.2, 0) is 20.5 Å². The Balaban J connectivity index is 3.09. The molecule has 0 atom stereocenters. The summed E-state index contributed by atoms with van der Waals surface area (Å²) in [6.07, 6.45) is 3.04. The molecule has 0 aliphatic heterocycles. The summed E-state index contributed by atoms with van der Waals surface area (Å²) < 4.78 is 28.7.